The van der Waals surface area contributed by atoms with Gasteiger partial charge in [-0.1, -0.05) is 37.0 Å². The van der Waals surface area contributed by atoms with Gasteiger partial charge in [-0.05, 0) is 24.1 Å². The lowest BCUT2D eigenvalue weighted by Gasteiger charge is -2.09. The van der Waals surface area contributed by atoms with E-state index >= 15 is 0 Å². The molecule has 0 saturated heterocycles. The van der Waals surface area contributed by atoms with Gasteiger partial charge in [0, 0.05) is 24.0 Å². The van der Waals surface area contributed by atoms with Gasteiger partial charge in [0.1, 0.15) is 0 Å². The maximum Gasteiger partial charge on any atom is 0.258 e. The summed E-state index contributed by atoms with van der Waals surface area (Å²) in [6.07, 6.45) is 2.93. The van der Waals surface area contributed by atoms with Crippen LogP contribution in [0.3, 0.4) is 0 Å². The number of nitrogens with zero attached hydrogens (tertiary/aromatic N) is 2. The van der Waals surface area contributed by atoms with Gasteiger partial charge in [0.2, 0.25) is 5.95 Å². The summed E-state index contributed by atoms with van der Waals surface area (Å²) in [6, 6.07) is 4.86. The minimum absolute atomic E-state index is 0.334. The first-order valence-corrected chi connectivity index (χ1v) is 7.53. The molecule has 2 aromatic rings. The SMILES string of the molecule is CC(C)CNc1ncc(C(=O)Nc2ccc(Cl)cc2Cl)cn1. The highest BCUT2D eigenvalue weighted by Crippen LogP contribution is 2.25. The van der Waals surface area contributed by atoms with Crippen molar-refractivity contribution in [3.63, 3.8) is 0 Å². The molecular weight excluding hydrogens is 323 g/mol. The minimum Gasteiger partial charge on any atom is -0.354 e. The number of amides is 1. The number of hydrogen-bond acceptors (Lipinski definition) is 4. The summed E-state index contributed by atoms with van der Waals surface area (Å²) in [4.78, 5) is 20.4. The lowest BCUT2D eigenvalue weighted by Crippen LogP contribution is -2.15. The fourth-order valence-electron chi connectivity index (χ4n) is 1.62. The average molecular weight is 339 g/mol. The third kappa shape index (κ3) is 4.58. The zero-order valence-corrected chi connectivity index (χ0v) is 13.7. The molecule has 1 aromatic heterocycles. The van der Waals surface area contributed by atoms with Crippen molar-refractivity contribution in [3.8, 4) is 0 Å². The summed E-state index contributed by atoms with van der Waals surface area (Å²) in [5, 5.41) is 6.66. The number of nitrogens with one attached hydrogen (secondary N) is 2. The number of carbonyl (C=O) groups is 1. The zero-order chi connectivity index (χ0) is 16.1. The van der Waals surface area contributed by atoms with E-state index in [0.29, 0.717) is 33.2 Å². The highest BCUT2D eigenvalue weighted by atomic mass is 35.5. The fraction of sp³-hybridized carbons (Fsp3) is 0.267. The molecule has 5 nitrogen and oxygen atoms in total. The number of halogens is 2. The van der Waals surface area contributed by atoms with Gasteiger partial charge in [-0.15, -0.1) is 0 Å². The van der Waals surface area contributed by atoms with E-state index in [1.807, 2.05) is 0 Å². The van der Waals surface area contributed by atoms with Crippen molar-refractivity contribution in [2.75, 3.05) is 17.2 Å². The standard InChI is InChI=1S/C15H16Cl2N4O/c1-9(2)6-18-15-19-7-10(8-20-15)14(22)21-13-4-3-11(16)5-12(13)17/h3-5,7-9H,6H2,1-2H3,(H,21,22)(H,18,19,20). The number of anilines is 2. The molecule has 22 heavy (non-hydrogen) atoms. The molecule has 0 fully saturated rings. The summed E-state index contributed by atoms with van der Waals surface area (Å²) in [5.41, 5.74) is 0.833. The van der Waals surface area contributed by atoms with Gasteiger partial charge in [-0.3, -0.25) is 4.79 Å². The van der Waals surface area contributed by atoms with Gasteiger partial charge in [-0.25, -0.2) is 9.97 Å². The summed E-state index contributed by atoms with van der Waals surface area (Å²) in [6.45, 7) is 4.95. The van der Waals surface area contributed by atoms with Crippen molar-refractivity contribution in [1.82, 2.24) is 9.97 Å². The van der Waals surface area contributed by atoms with Crippen LogP contribution in [0.4, 0.5) is 11.6 Å². The van der Waals surface area contributed by atoms with Crippen molar-refractivity contribution in [1.29, 1.82) is 0 Å². The van der Waals surface area contributed by atoms with Crippen LogP contribution in [0.2, 0.25) is 10.0 Å². The second-order valence-electron chi connectivity index (χ2n) is 5.15. The van der Waals surface area contributed by atoms with E-state index in [0.717, 1.165) is 6.54 Å². The van der Waals surface area contributed by atoms with Gasteiger partial charge >= 0.3 is 0 Å². The van der Waals surface area contributed by atoms with Crippen molar-refractivity contribution >= 4 is 40.7 Å². The Bertz CT molecular complexity index is 659. The van der Waals surface area contributed by atoms with Crippen LogP contribution in [0.5, 0.6) is 0 Å². The smallest absolute Gasteiger partial charge is 0.258 e. The maximum absolute atomic E-state index is 12.1. The zero-order valence-electron chi connectivity index (χ0n) is 12.2. The molecule has 0 saturated carbocycles. The molecule has 0 bridgehead atoms. The Hall–Kier alpha value is -1.85. The molecule has 2 rings (SSSR count). The normalized spacial score (nSPS) is 10.6. The topological polar surface area (TPSA) is 66.9 Å². The largest absolute Gasteiger partial charge is 0.354 e. The molecule has 0 aliphatic carbocycles. The Morgan fingerprint density at radius 1 is 1.23 bits per heavy atom. The molecular formula is C15H16Cl2N4O. The fourth-order valence-corrected chi connectivity index (χ4v) is 2.07. The first-order valence-electron chi connectivity index (χ1n) is 6.78. The van der Waals surface area contributed by atoms with E-state index < -0.39 is 0 Å². The van der Waals surface area contributed by atoms with Crippen LogP contribution >= 0.6 is 23.2 Å². The Morgan fingerprint density at radius 3 is 2.50 bits per heavy atom. The number of aromatic nitrogens is 2. The van der Waals surface area contributed by atoms with Crippen LogP contribution in [0.25, 0.3) is 0 Å². The Balaban J connectivity index is 2.03. The molecule has 0 atom stereocenters. The van der Waals surface area contributed by atoms with Gasteiger partial charge in [0.25, 0.3) is 5.91 Å². The first kappa shape index (κ1) is 16.5. The molecule has 0 aliphatic heterocycles. The molecule has 1 amide bonds. The highest BCUT2D eigenvalue weighted by molar-refractivity contribution is 6.36. The van der Waals surface area contributed by atoms with Crippen LogP contribution in [-0.2, 0) is 0 Å². The summed E-state index contributed by atoms with van der Waals surface area (Å²) >= 11 is 11.8. The minimum atomic E-state index is -0.334. The lowest BCUT2D eigenvalue weighted by molar-refractivity contribution is 0.102. The molecule has 2 N–H and O–H groups in total. The Labute approximate surface area is 139 Å². The molecule has 1 heterocycles. The number of hydrogen-bond donors (Lipinski definition) is 2. The van der Waals surface area contributed by atoms with Crippen LogP contribution < -0.4 is 10.6 Å². The third-order valence-corrected chi connectivity index (χ3v) is 3.31. The van der Waals surface area contributed by atoms with Crippen LogP contribution in [0, 0.1) is 5.92 Å². The van der Waals surface area contributed by atoms with Gasteiger partial charge in [-0.2, -0.15) is 0 Å². The summed E-state index contributed by atoms with van der Waals surface area (Å²) in [5.74, 6) is 0.646. The van der Waals surface area contributed by atoms with E-state index in [1.165, 1.54) is 12.4 Å². The molecule has 1 aromatic carbocycles. The molecule has 0 radical (unpaired) electrons. The van der Waals surface area contributed by atoms with Crippen molar-refractivity contribution in [2.45, 2.75) is 13.8 Å². The molecule has 0 spiro atoms. The average Bonchev–Trinajstić information content (AvgIpc) is 2.48. The van der Waals surface area contributed by atoms with Gasteiger partial charge in [0.15, 0.2) is 0 Å². The predicted octanol–water partition coefficient (Wildman–Crippen LogP) is 4.10. The van der Waals surface area contributed by atoms with E-state index in [2.05, 4.69) is 34.4 Å². The second-order valence-corrected chi connectivity index (χ2v) is 5.99. The quantitative estimate of drug-likeness (QED) is 0.860. The van der Waals surface area contributed by atoms with Crippen molar-refractivity contribution in [3.05, 3.63) is 46.2 Å². The molecule has 116 valence electrons. The van der Waals surface area contributed by atoms with E-state index in [1.54, 1.807) is 18.2 Å². The number of benzene rings is 1. The highest BCUT2D eigenvalue weighted by Gasteiger charge is 2.10. The van der Waals surface area contributed by atoms with Crippen molar-refractivity contribution in [2.24, 2.45) is 5.92 Å². The second kappa shape index (κ2) is 7.42. The van der Waals surface area contributed by atoms with E-state index in [-0.39, 0.29) is 5.91 Å². The third-order valence-electron chi connectivity index (χ3n) is 2.76. The molecule has 0 aliphatic rings. The van der Waals surface area contributed by atoms with Crippen molar-refractivity contribution < 1.29 is 4.79 Å². The Kier molecular flexibility index (Phi) is 5.57. The lowest BCUT2D eigenvalue weighted by atomic mass is 10.2. The van der Waals surface area contributed by atoms with Crippen LogP contribution in [0.15, 0.2) is 30.6 Å². The van der Waals surface area contributed by atoms with Crippen LogP contribution in [-0.4, -0.2) is 22.4 Å². The monoisotopic (exact) mass is 338 g/mol. The van der Waals surface area contributed by atoms with E-state index in [4.69, 9.17) is 23.2 Å². The summed E-state index contributed by atoms with van der Waals surface area (Å²) < 4.78 is 0. The number of carbonyl (C=O) groups excluding carboxylic acids is 1. The predicted molar refractivity (Wildman–Crippen MR) is 89.8 cm³/mol. The molecule has 0 unspecified atom stereocenters. The summed E-state index contributed by atoms with van der Waals surface area (Å²) in [7, 11) is 0. The number of rotatable bonds is 5. The molecule has 7 heteroatoms. The van der Waals surface area contributed by atoms with E-state index in [9.17, 15) is 4.79 Å². The van der Waals surface area contributed by atoms with Crippen LogP contribution in [0.1, 0.15) is 24.2 Å². The first-order chi connectivity index (χ1) is 10.5. The van der Waals surface area contributed by atoms with Gasteiger partial charge in [0.05, 0.1) is 16.3 Å². The maximum atomic E-state index is 12.1. The van der Waals surface area contributed by atoms with Gasteiger partial charge < -0.3 is 10.6 Å². The Morgan fingerprint density at radius 2 is 1.91 bits per heavy atom.